The summed E-state index contributed by atoms with van der Waals surface area (Å²) in [5, 5.41) is 8.13. The van der Waals surface area contributed by atoms with E-state index in [0.717, 1.165) is 13.0 Å². The van der Waals surface area contributed by atoms with Crippen LogP contribution in [-0.2, 0) is 6.54 Å². The van der Waals surface area contributed by atoms with E-state index in [0.29, 0.717) is 10.7 Å². The van der Waals surface area contributed by atoms with Crippen molar-refractivity contribution in [1.82, 2.24) is 15.0 Å². The van der Waals surface area contributed by atoms with E-state index in [-0.39, 0.29) is 0 Å². The normalized spacial score (nSPS) is 27.0. The van der Waals surface area contributed by atoms with Crippen LogP contribution in [0, 0.1) is 0 Å². The summed E-state index contributed by atoms with van der Waals surface area (Å²) in [5.41, 5.74) is 1.33. The van der Waals surface area contributed by atoms with Gasteiger partial charge in [0.05, 0.1) is 11.9 Å². The predicted octanol–water partition coefficient (Wildman–Crippen LogP) is 2.72. The minimum absolute atomic E-state index is 0.668. The molecule has 1 heterocycles. The molecule has 1 saturated carbocycles. The summed E-state index contributed by atoms with van der Waals surface area (Å²) in [6.45, 7) is 3.17. The molecule has 1 aliphatic carbocycles. The van der Waals surface area contributed by atoms with Crippen LogP contribution in [0.25, 0.3) is 0 Å². The van der Waals surface area contributed by atoms with Crippen LogP contribution in [-0.4, -0.2) is 19.8 Å². The summed E-state index contributed by atoms with van der Waals surface area (Å²) in [6, 6.07) is 0. The molecule has 2 atom stereocenters. The highest BCUT2D eigenvalue weighted by atomic mass is 79.9. The lowest BCUT2D eigenvalue weighted by atomic mass is 10.1. The molecule has 0 aromatic carbocycles. The second kappa shape index (κ2) is 4.43. The lowest BCUT2D eigenvalue weighted by Crippen LogP contribution is -2.07. The molecule has 1 aliphatic rings. The maximum Gasteiger partial charge on any atom is 0.0728 e. The molecule has 1 aromatic heterocycles. The van der Waals surface area contributed by atoms with Crippen LogP contribution in [0.4, 0.5) is 0 Å². The number of aryl methyl sites for hydroxylation is 1. The van der Waals surface area contributed by atoms with Crippen LogP contribution in [0.15, 0.2) is 6.20 Å². The Balaban J connectivity index is 2.11. The summed E-state index contributed by atoms with van der Waals surface area (Å²) < 4.78 is 2.07. The van der Waals surface area contributed by atoms with E-state index in [1.165, 1.54) is 25.0 Å². The van der Waals surface area contributed by atoms with Gasteiger partial charge >= 0.3 is 0 Å². The Morgan fingerprint density at radius 3 is 3.07 bits per heavy atom. The molecule has 0 N–H and O–H groups in total. The van der Waals surface area contributed by atoms with Crippen molar-refractivity contribution in [2.45, 2.75) is 49.9 Å². The monoisotopic (exact) mass is 257 g/mol. The lowest BCUT2D eigenvalue weighted by Gasteiger charge is -2.10. The Morgan fingerprint density at radius 2 is 2.43 bits per heavy atom. The molecule has 78 valence electrons. The fourth-order valence-electron chi connectivity index (χ4n) is 2.16. The van der Waals surface area contributed by atoms with Gasteiger partial charge in [0, 0.05) is 17.3 Å². The molecule has 0 bridgehead atoms. The third kappa shape index (κ3) is 2.00. The van der Waals surface area contributed by atoms with E-state index in [1.54, 1.807) is 0 Å². The lowest BCUT2D eigenvalue weighted by molar-refractivity contribution is 0.526. The first-order valence-corrected chi connectivity index (χ1v) is 6.25. The van der Waals surface area contributed by atoms with Gasteiger partial charge in [0.1, 0.15) is 0 Å². The van der Waals surface area contributed by atoms with Crippen LogP contribution in [0.2, 0.25) is 0 Å². The number of alkyl halides is 1. The molecule has 0 radical (unpaired) electrons. The topological polar surface area (TPSA) is 30.7 Å². The van der Waals surface area contributed by atoms with Crippen molar-refractivity contribution in [2.24, 2.45) is 0 Å². The van der Waals surface area contributed by atoms with Gasteiger partial charge in [-0.25, -0.2) is 4.68 Å². The van der Waals surface area contributed by atoms with Crippen molar-refractivity contribution >= 4 is 15.9 Å². The fraction of sp³-hybridized carbons (Fsp3) is 0.800. The smallest absolute Gasteiger partial charge is 0.0728 e. The molecule has 0 amide bonds. The van der Waals surface area contributed by atoms with Crippen molar-refractivity contribution in [3.8, 4) is 0 Å². The molecular weight excluding hydrogens is 242 g/mol. The van der Waals surface area contributed by atoms with E-state index in [4.69, 9.17) is 0 Å². The van der Waals surface area contributed by atoms with Gasteiger partial charge in [-0.05, 0) is 25.7 Å². The Hall–Kier alpha value is -0.380. The summed E-state index contributed by atoms with van der Waals surface area (Å²) in [4.78, 5) is 0.692. The van der Waals surface area contributed by atoms with Crippen molar-refractivity contribution < 1.29 is 0 Å². The second-order valence-electron chi connectivity index (χ2n) is 3.99. The minimum atomic E-state index is 0.668. The molecule has 3 nitrogen and oxygen atoms in total. The third-order valence-corrected chi connectivity index (χ3v) is 3.70. The molecule has 2 unspecified atom stereocenters. The summed E-state index contributed by atoms with van der Waals surface area (Å²) in [6.07, 6.45) is 6.85. The van der Waals surface area contributed by atoms with Crippen molar-refractivity contribution in [3.05, 3.63) is 11.9 Å². The van der Waals surface area contributed by atoms with Crippen molar-refractivity contribution in [1.29, 1.82) is 0 Å². The van der Waals surface area contributed by atoms with Crippen LogP contribution >= 0.6 is 15.9 Å². The Kier molecular flexibility index (Phi) is 3.21. The first-order valence-electron chi connectivity index (χ1n) is 5.33. The van der Waals surface area contributed by atoms with Gasteiger partial charge in [-0.3, -0.25) is 0 Å². The first kappa shape index (κ1) is 10.1. The Labute approximate surface area is 93.0 Å². The Bertz CT molecular complexity index is 297. The molecule has 2 rings (SSSR count). The van der Waals surface area contributed by atoms with Gasteiger partial charge in [0.2, 0.25) is 0 Å². The maximum absolute atomic E-state index is 4.13. The molecule has 1 aromatic rings. The summed E-state index contributed by atoms with van der Waals surface area (Å²) in [5.74, 6) is 0.668. The van der Waals surface area contributed by atoms with E-state index < -0.39 is 0 Å². The zero-order valence-corrected chi connectivity index (χ0v) is 10.1. The van der Waals surface area contributed by atoms with Crippen molar-refractivity contribution in [3.63, 3.8) is 0 Å². The van der Waals surface area contributed by atoms with E-state index in [2.05, 4.69) is 37.8 Å². The average Bonchev–Trinajstić information content (AvgIpc) is 2.74. The molecule has 0 spiro atoms. The van der Waals surface area contributed by atoms with Crippen LogP contribution in [0.1, 0.15) is 44.2 Å². The number of halogens is 1. The van der Waals surface area contributed by atoms with Crippen LogP contribution < -0.4 is 0 Å². The van der Waals surface area contributed by atoms with Gasteiger partial charge in [0.15, 0.2) is 0 Å². The number of rotatable bonds is 3. The summed E-state index contributed by atoms with van der Waals surface area (Å²) in [7, 11) is 0. The van der Waals surface area contributed by atoms with E-state index >= 15 is 0 Å². The van der Waals surface area contributed by atoms with Gasteiger partial charge < -0.3 is 0 Å². The SMILES string of the molecule is CCCn1nncc1C1CCC(Br)C1. The minimum Gasteiger partial charge on any atom is -0.249 e. The van der Waals surface area contributed by atoms with Gasteiger partial charge in [-0.1, -0.05) is 28.1 Å². The molecule has 0 aliphatic heterocycles. The fourth-order valence-corrected chi connectivity index (χ4v) is 2.88. The highest BCUT2D eigenvalue weighted by molar-refractivity contribution is 9.09. The number of nitrogens with zero attached hydrogens (tertiary/aromatic N) is 3. The average molecular weight is 258 g/mol. The highest BCUT2D eigenvalue weighted by Crippen LogP contribution is 2.37. The molecule has 14 heavy (non-hydrogen) atoms. The largest absolute Gasteiger partial charge is 0.249 e. The number of hydrogen-bond donors (Lipinski definition) is 0. The molecular formula is C10H16BrN3. The second-order valence-corrected chi connectivity index (χ2v) is 5.28. The standard InChI is InChI=1S/C10H16BrN3/c1-2-5-14-10(7-12-13-14)8-3-4-9(11)6-8/h7-9H,2-6H2,1H3. The van der Waals surface area contributed by atoms with Gasteiger partial charge in [0.25, 0.3) is 0 Å². The highest BCUT2D eigenvalue weighted by Gasteiger charge is 2.26. The van der Waals surface area contributed by atoms with Crippen LogP contribution in [0.3, 0.4) is 0 Å². The predicted molar refractivity (Wildman–Crippen MR) is 59.6 cm³/mol. The quantitative estimate of drug-likeness (QED) is 0.780. The zero-order valence-electron chi connectivity index (χ0n) is 8.49. The maximum atomic E-state index is 4.13. The van der Waals surface area contributed by atoms with Gasteiger partial charge in [-0.15, -0.1) is 5.10 Å². The number of aromatic nitrogens is 3. The third-order valence-electron chi connectivity index (χ3n) is 2.87. The Morgan fingerprint density at radius 1 is 1.57 bits per heavy atom. The molecule has 1 fully saturated rings. The zero-order chi connectivity index (χ0) is 9.97. The van der Waals surface area contributed by atoms with E-state index in [9.17, 15) is 0 Å². The molecule has 4 heteroatoms. The first-order chi connectivity index (χ1) is 6.81. The van der Waals surface area contributed by atoms with Crippen molar-refractivity contribution in [2.75, 3.05) is 0 Å². The van der Waals surface area contributed by atoms with Crippen LogP contribution in [0.5, 0.6) is 0 Å². The summed E-state index contributed by atoms with van der Waals surface area (Å²) >= 11 is 3.68. The van der Waals surface area contributed by atoms with Gasteiger partial charge in [-0.2, -0.15) is 0 Å². The van der Waals surface area contributed by atoms with E-state index in [1.807, 2.05) is 6.20 Å². The molecule has 0 saturated heterocycles. The number of hydrogen-bond acceptors (Lipinski definition) is 2.